The van der Waals surface area contributed by atoms with Gasteiger partial charge in [0.05, 0.1) is 0 Å². The standard InChI is InChI=1S/C12H24N2S/c1-4-8-12(13-2)14(3)15-11-9-6-5-7-10-11/h11H,4-10H2,1-3H3/b13-12-. The molecule has 0 bridgehead atoms. The molecule has 1 aliphatic rings. The van der Waals surface area contributed by atoms with Crippen molar-refractivity contribution in [3.05, 3.63) is 0 Å². The van der Waals surface area contributed by atoms with Crippen LogP contribution < -0.4 is 0 Å². The van der Waals surface area contributed by atoms with Crippen LogP contribution in [0.15, 0.2) is 4.99 Å². The van der Waals surface area contributed by atoms with Crippen molar-refractivity contribution < 1.29 is 0 Å². The summed E-state index contributed by atoms with van der Waals surface area (Å²) in [7, 11) is 4.07. The smallest absolute Gasteiger partial charge is 0.108 e. The molecule has 1 fully saturated rings. The van der Waals surface area contributed by atoms with Gasteiger partial charge in [-0.05, 0) is 31.2 Å². The molecule has 0 heterocycles. The van der Waals surface area contributed by atoms with Gasteiger partial charge in [-0.2, -0.15) is 0 Å². The molecule has 15 heavy (non-hydrogen) atoms. The van der Waals surface area contributed by atoms with E-state index in [2.05, 4.69) is 23.3 Å². The van der Waals surface area contributed by atoms with Crippen molar-refractivity contribution in [2.24, 2.45) is 4.99 Å². The zero-order valence-electron chi connectivity index (χ0n) is 10.3. The molecule has 0 aromatic heterocycles. The summed E-state index contributed by atoms with van der Waals surface area (Å²) in [6.45, 7) is 2.21. The van der Waals surface area contributed by atoms with Gasteiger partial charge in [-0.3, -0.25) is 4.99 Å². The zero-order chi connectivity index (χ0) is 11.1. The van der Waals surface area contributed by atoms with Gasteiger partial charge >= 0.3 is 0 Å². The monoisotopic (exact) mass is 228 g/mol. The fourth-order valence-electron chi connectivity index (χ4n) is 2.09. The first kappa shape index (κ1) is 12.9. The predicted molar refractivity (Wildman–Crippen MR) is 70.5 cm³/mol. The maximum atomic E-state index is 4.36. The van der Waals surface area contributed by atoms with Crippen LogP contribution in [0.1, 0.15) is 51.9 Å². The van der Waals surface area contributed by atoms with E-state index in [0.29, 0.717) is 0 Å². The fraction of sp³-hybridized carbons (Fsp3) is 0.917. The molecular formula is C12H24N2S. The largest absolute Gasteiger partial charge is 0.307 e. The molecule has 2 nitrogen and oxygen atoms in total. The van der Waals surface area contributed by atoms with Gasteiger partial charge in [0, 0.05) is 25.8 Å². The van der Waals surface area contributed by atoms with Crippen molar-refractivity contribution >= 4 is 17.8 Å². The molecule has 1 rings (SSSR count). The van der Waals surface area contributed by atoms with Crippen molar-refractivity contribution in [1.29, 1.82) is 0 Å². The number of aliphatic imine (C=N–C) groups is 1. The minimum Gasteiger partial charge on any atom is -0.307 e. The molecule has 1 aliphatic carbocycles. The average molecular weight is 228 g/mol. The van der Waals surface area contributed by atoms with Gasteiger partial charge in [-0.15, -0.1) is 0 Å². The van der Waals surface area contributed by atoms with Crippen LogP contribution in [0.4, 0.5) is 0 Å². The second-order valence-electron chi connectivity index (χ2n) is 4.25. The number of hydrogen-bond acceptors (Lipinski definition) is 2. The Bertz CT molecular complexity index is 198. The first-order valence-electron chi connectivity index (χ1n) is 6.14. The quantitative estimate of drug-likeness (QED) is 0.414. The Balaban J connectivity index is 2.35. The highest BCUT2D eigenvalue weighted by Gasteiger charge is 2.17. The molecule has 3 heteroatoms. The summed E-state index contributed by atoms with van der Waals surface area (Å²) in [5, 5.41) is 0.831. The summed E-state index contributed by atoms with van der Waals surface area (Å²) in [6, 6.07) is 0. The lowest BCUT2D eigenvalue weighted by atomic mass is 10.0. The van der Waals surface area contributed by atoms with E-state index in [1.807, 2.05) is 19.0 Å². The number of rotatable bonds is 4. The molecule has 0 N–H and O–H groups in total. The third kappa shape index (κ3) is 4.45. The van der Waals surface area contributed by atoms with Crippen LogP contribution in [0.5, 0.6) is 0 Å². The van der Waals surface area contributed by atoms with Crippen molar-refractivity contribution in [3.63, 3.8) is 0 Å². The molecule has 0 aromatic rings. The van der Waals surface area contributed by atoms with E-state index in [-0.39, 0.29) is 0 Å². The van der Waals surface area contributed by atoms with Crippen LogP contribution in [-0.2, 0) is 0 Å². The van der Waals surface area contributed by atoms with Gasteiger partial charge in [-0.25, -0.2) is 0 Å². The minimum absolute atomic E-state index is 0.831. The second kappa shape index (κ2) is 7.15. The van der Waals surface area contributed by atoms with Crippen LogP contribution in [0.2, 0.25) is 0 Å². The van der Waals surface area contributed by atoms with Gasteiger partial charge in [0.1, 0.15) is 5.84 Å². The van der Waals surface area contributed by atoms with E-state index in [1.54, 1.807) is 0 Å². The SMILES string of the molecule is CCC/C(=N/C)N(C)SC1CCCCC1. The first-order valence-corrected chi connectivity index (χ1v) is 6.97. The van der Waals surface area contributed by atoms with Crippen molar-refractivity contribution in [1.82, 2.24) is 4.31 Å². The van der Waals surface area contributed by atoms with Crippen LogP contribution in [0, 0.1) is 0 Å². The summed E-state index contributed by atoms with van der Waals surface area (Å²) >= 11 is 2.00. The molecule has 0 spiro atoms. The Hall–Kier alpha value is -0.180. The number of amidine groups is 1. The van der Waals surface area contributed by atoms with Crippen LogP contribution in [0.25, 0.3) is 0 Å². The number of nitrogens with zero attached hydrogens (tertiary/aromatic N) is 2. The van der Waals surface area contributed by atoms with Gasteiger partial charge in [0.25, 0.3) is 0 Å². The predicted octanol–water partition coefficient (Wildman–Crippen LogP) is 3.73. The normalized spacial score (nSPS) is 19.3. The van der Waals surface area contributed by atoms with Crippen molar-refractivity contribution in [2.75, 3.05) is 14.1 Å². The Labute approximate surface area is 98.7 Å². The Kier molecular flexibility index (Phi) is 6.15. The van der Waals surface area contributed by atoms with Crippen molar-refractivity contribution in [3.8, 4) is 0 Å². The molecule has 0 amide bonds. The van der Waals surface area contributed by atoms with Crippen LogP contribution in [-0.4, -0.2) is 29.5 Å². The third-order valence-electron chi connectivity index (χ3n) is 2.95. The molecule has 0 radical (unpaired) electrons. The first-order chi connectivity index (χ1) is 7.27. The molecule has 88 valence electrons. The topological polar surface area (TPSA) is 15.6 Å². The lowest BCUT2D eigenvalue weighted by Gasteiger charge is -2.27. The lowest BCUT2D eigenvalue weighted by Crippen LogP contribution is -2.24. The summed E-state index contributed by atoms with van der Waals surface area (Å²) in [4.78, 5) is 4.36. The van der Waals surface area contributed by atoms with E-state index < -0.39 is 0 Å². The molecule has 1 saturated carbocycles. The summed E-state index contributed by atoms with van der Waals surface area (Å²) in [5.41, 5.74) is 0. The summed E-state index contributed by atoms with van der Waals surface area (Å²) in [5.74, 6) is 1.24. The second-order valence-corrected chi connectivity index (χ2v) is 5.68. The minimum atomic E-state index is 0.831. The van der Waals surface area contributed by atoms with E-state index in [1.165, 1.54) is 44.4 Å². The Morgan fingerprint density at radius 1 is 1.33 bits per heavy atom. The molecular weight excluding hydrogens is 204 g/mol. The molecule has 0 saturated heterocycles. The van der Waals surface area contributed by atoms with Crippen LogP contribution in [0.3, 0.4) is 0 Å². The average Bonchev–Trinajstić information content (AvgIpc) is 2.27. The van der Waals surface area contributed by atoms with Gasteiger partial charge in [0.15, 0.2) is 0 Å². The lowest BCUT2D eigenvalue weighted by molar-refractivity contribution is 0.511. The fourth-order valence-corrected chi connectivity index (χ4v) is 3.37. The van der Waals surface area contributed by atoms with Gasteiger partial charge in [0.2, 0.25) is 0 Å². The van der Waals surface area contributed by atoms with E-state index >= 15 is 0 Å². The molecule has 0 atom stereocenters. The number of hydrogen-bond donors (Lipinski definition) is 0. The van der Waals surface area contributed by atoms with E-state index in [9.17, 15) is 0 Å². The highest BCUT2D eigenvalue weighted by molar-refractivity contribution is 7.98. The maximum absolute atomic E-state index is 4.36. The highest BCUT2D eigenvalue weighted by atomic mass is 32.2. The van der Waals surface area contributed by atoms with Crippen LogP contribution >= 0.6 is 11.9 Å². The Morgan fingerprint density at radius 2 is 2.00 bits per heavy atom. The van der Waals surface area contributed by atoms with Gasteiger partial charge < -0.3 is 4.31 Å². The van der Waals surface area contributed by atoms with E-state index in [0.717, 1.165) is 11.7 Å². The highest BCUT2D eigenvalue weighted by Crippen LogP contribution is 2.30. The molecule has 0 aliphatic heterocycles. The molecule has 0 unspecified atom stereocenters. The maximum Gasteiger partial charge on any atom is 0.108 e. The molecule has 0 aromatic carbocycles. The zero-order valence-corrected chi connectivity index (χ0v) is 11.1. The summed E-state index contributed by atoms with van der Waals surface area (Å²) in [6.07, 6.45) is 9.32. The van der Waals surface area contributed by atoms with E-state index in [4.69, 9.17) is 0 Å². The van der Waals surface area contributed by atoms with Crippen molar-refractivity contribution in [2.45, 2.75) is 57.1 Å². The summed E-state index contributed by atoms with van der Waals surface area (Å²) < 4.78 is 2.29. The third-order valence-corrected chi connectivity index (χ3v) is 4.25. The van der Waals surface area contributed by atoms with Gasteiger partial charge in [-0.1, -0.05) is 26.2 Å². The Morgan fingerprint density at radius 3 is 2.53 bits per heavy atom.